The highest BCUT2D eigenvalue weighted by Crippen LogP contribution is 2.37. The van der Waals surface area contributed by atoms with E-state index in [0.717, 1.165) is 12.8 Å². The Kier molecular flexibility index (Phi) is 5.12. The summed E-state index contributed by atoms with van der Waals surface area (Å²) in [6.07, 6.45) is 2.12. The van der Waals surface area contributed by atoms with Crippen LogP contribution in [0.3, 0.4) is 0 Å². The van der Waals surface area contributed by atoms with Gasteiger partial charge in [0.15, 0.2) is 0 Å². The molecule has 0 aromatic heterocycles. The second kappa shape index (κ2) is 6.20. The summed E-state index contributed by atoms with van der Waals surface area (Å²) in [6.45, 7) is 6.01. The molecule has 0 radical (unpaired) electrons. The first-order chi connectivity index (χ1) is 8.78. The first-order valence-corrected chi connectivity index (χ1v) is 6.68. The van der Waals surface area contributed by atoms with Crippen LogP contribution in [-0.2, 0) is 16.0 Å². The van der Waals surface area contributed by atoms with Crippen molar-refractivity contribution in [1.82, 2.24) is 0 Å². The van der Waals surface area contributed by atoms with Crippen molar-refractivity contribution in [3.8, 4) is 0 Å². The lowest BCUT2D eigenvalue weighted by atomic mass is 9.68. The van der Waals surface area contributed by atoms with Crippen LogP contribution in [0.4, 0.5) is 0 Å². The van der Waals surface area contributed by atoms with E-state index in [9.17, 15) is 4.79 Å². The lowest BCUT2D eigenvalue weighted by molar-refractivity contribution is -0.144. The summed E-state index contributed by atoms with van der Waals surface area (Å²) in [7, 11) is 1.42. The van der Waals surface area contributed by atoms with E-state index in [2.05, 4.69) is 19.1 Å². The molecule has 0 aliphatic heterocycles. The number of aryl methyl sites for hydroxylation is 1. The molecule has 0 aliphatic carbocycles. The maximum Gasteiger partial charge on any atom is 0.306 e. The molecule has 1 aromatic rings. The highest BCUT2D eigenvalue weighted by molar-refractivity contribution is 5.70. The van der Waals surface area contributed by atoms with Crippen LogP contribution in [0, 0.1) is 5.41 Å². The van der Waals surface area contributed by atoms with E-state index in [0.29, 0.717) is 6.42 Å². The molecule has 106 valence electrons. The first kappa shape index (κ1) is 15.7. The van der Waals surface area contributed by atoms with Crippen molar-refractivity contribution in [3.63, 3.8) is 0 Å². The Morgan fingerprint density at radius 2 is 1.79 bits per heavy atom. The summed E-state index contributed by atoms with van der Waals surface area (Å²) >= 11 is 0. The molecule has 19 heavy (non-hydrogen) atoms. The number of carbonyl (C=O) groups excluding carboxylic acids is 1. The predicted molar refractivity (Wildman–Crippen MR) is 77.8 cm³/mol. The maximum atomic E-state index is 11.6. The molecule has 1 unspecified atom stereocenters. The quantitative estimate of drug-likeness (QED) is 0.803. The highest BCUT2D eigenvalue weighted by Gasteiger charge is 2.39. The third kappa shape index (κ3) is 4.35. The Hall–Kier alpha value is -1.35. The Morgan fingerprint density at radius 3 is 2.26 bits per heavy atom. The van der Waals surface area contributed by atoms with Gasteiger partial charge in [0.05, 0.1) is 13.5 Å². The van der Waals surface area contributed by atoms with Crippen LogP contribution in [0.25, 0.3) is 0 Å². The molecule has 0 fully saturated rings. The number of methoxy groups -OCH3 is 1. The third-order valence-corrected chi connectivity index (χ3v) is 4.13. The van der Waals surface area contributed by atoms with E-state index in [1.165, 1.54) is 12.7 Å². The average Bonchev–Trinajstić information content (AvgIpc) is 2.36. The third-order valence-electron chi connectivity index (χ3n) is 4.13. The summed E-state index contributed by atoms with van der Waals surface area (Å²) in [5, 5.41) is 0. The standard InChI is InChI=1S/C16H25NO2/c1-15(2,17)16(3,12-14(18)19-4)11-10-13-8-6-5-7-9-13/h5-9H,10-12,17H2,1-4H3. The van der Waals surface area contributed by atoms with Gasteiger partial charge in [0.1, 0.15) is 0 Å². The summed E-state index contributed by atoms with van der Waals surface area (Å²) in [6, 6.07) is 10.3. The van der Waals surface area contributed by atoms with E-state index in [4.69, 9.17) is 10.5 Å². The largest absolute Gasteiger partial charge is 0.469 e. The number of benzene rings is 1. The molecule has 0 amide bonds. The second-order valence-corrected chi connectivity index (χ2v) is 6.02. The van der Waals surface area contributed by atoms with Gasteiger partial charge in [0.2, 0.25) is 0 Å². The van der Waals surface area contributed by atoms with Crippen LogP contribution >= 0.6 is 0 Å². The number of esters is 1. The second-order valence-electron chi connectivity index (χ2n) is 6.02. The molecule has 0 spiro atoms. The highest BCUT2D eigenvalue weighted by atomic mass is 16.5. The van der Waals surface area contributed by atoms with E-state index in [1.807, 2.05) is 32.0 Å². The lowest BCUT2D eigenvalue weighted by Gasteiger charge is -2.41. The molecule has 0 bridgehead atoms. The van der Waals surface area contributed by atoms with Crippen molar-refractivity contribution >= 4 is 5.97 Å². The van der Waals surface area contributed by atoms with Gasteiger partial charge in [0, 0.05) is 5.54 Å². The van der Waals surface area contributed by atoms with Gasteiger partial charge in [-0.1, -0.05) is 37.3 Å². The number of hydrogen-bond acceptors (Lipinski definition) is 3. The number of carbonyl (C=O) groups is 1. The molecule has 0 heterocycles. The molecule has 1 aromatic carbocycles. The van der Waals surface area contributed by atoms with Crippen molar-refractivity contribution in [2.45, 2.75) is 45.6 Å². The van der Waals surface area contributed by atoms with Gasteiger partial charge in [-0.2, -0.15) is 0 Å². The first-order valence-electron chi connectivity index (χ1n) is 6.68. The SMILES string of the molecule is COC(=O)CC(C)(CCc1ccccc1)C(C)(C)N. The van der Waals surface area contributed by atoms with Gasteiger partial charge < -0.3 is 10.5 Å². The maximum absolute atomic E-state index is 11.6. The predicted octanol–water partition coefficient (Wildman–Crippen LogP) is 2.93. The zero-order chi connectivity index (χ0) is 14.5. The van der Waals surface area contributed by atoms with Gasteiger partial charge in [-0.15, -0.1) is 0 Å². The summed E-state index contributed by atoms with van der Waals surface area (Å²) < 4.78 is 4.80. The molecule has 1 rings (SSSR count). The van der Waals surface area contributed by atoms with Gasteiger partial charge in [-0.05, 0) is 37.7 Å². The van der Waals surface area contributed by atoms with Crippen LogP contribution < -0.4 is 5.73 Å². The number of nitrogens with two attached hydrogens (primary N) is 1. The lowest BCUT2D eigenvalue weighted by Crippen LogP contribution is -2.50. The van der Waals surface area contributed by atoms with E-state index in [1.54, 1.807) is 0 Å². The Morgan fingerprint density at radius 1 is 1.21 bits per heavy atom. The molecule has 1 atom stereocenters. The van der Waals surface area contributed by atoms with E-state index >= 15 is 0 Å². The van der Waals surface area contributed by atoms with Gasteiger partial charge in [-0.3, -0.25) is 4.79 Å². The van der Waals surface area contributed by atoms with Crippen molar-refractivity contribution in [3.05, 3.63) is 35.9 Å². The molecular formula is C16H25NO2. The van der Waals surface area contributed by atoms with Crippen LogP contribution in [0.1, 0.15) is 39.2 Å². The smallest absolute Gasteiger partial charge is 0.306 e. The van der Waals surface area contributed by atoms with E-state index in [-0.39, 0.29) is 11.4 Å². The minimum absolute atomic E-state index is 0.200. The molecular weight excluding hydrogens is 238 g/mol. The van der Waals surface area contributed by atoms with Crippen molar-refractivity contribution in [1.29, 1.82) is 0 Å². The minimum Gasteiger partial charge on any atom is -0.469 e. The monoisotopic (exact) mass is 263 g/mol. The fourth-order valence-electron chi connectivity index (χ4n) is 2.09. The number of hydrogen-bond donors (Lipinski definition) is 1. The van der Waals surface area contributed by atoms with Gasteiger partial charge in [-0.25, -0.2) is 0 Å². The summed E-state index contributed by atoms with van der Waals surface area (Å²) in [5.74, 6) is -0.200. The molecule has 0 saturated carbocycles. The van der Waals surface area contributed by atoms with Gasteiger partial charge in [0.25, 0.3) is 0 Å². The van der Waals surface area contributed by atoms with Crippen LogP contribution in [-0.4, -0.2) is 18.6 Å². The van der Waals surface area contributed by atoms with Crippen LogP contribution in [0.2, 0.25) is 0 Å². The number of ether oxygens (including phenoxy) is 1. The van der Waals surface area contributed by atoms with Crippen molar-refractivity contribution < 1.29 is 9.53 Å². The Bertz CT molecular complexity index is 409. The molecule has 3 heteroatoms. The number of rotatable bonds is 6. The topological polar surface area (TPSA) is 52.3 Å². The van der Waals surface area contributed by atoms with Crippen molar-refractivity contribution in [2.75, 3.05) is 7.11 Å². The summed E-state index contributed by atoms with van der Waals surface area (Å²) in [5.41, 5.74) is 6.82. The normalized spacial score (nSPS) is 14.8. The average molecular weight is 263 g/mol. The van der Waals surface area contributed by atoms with E-state index < -0.39 is 5.54 Å². The fraction of sp³-hybridized carbons (Fsp3) is 0.562. The zero-order valence-electron chi connectivity index (χ0n) is 12.4. The summed E-state index contributed by atoms with van der Waals surface area (Å²) in [4.78, 5) is 11.6. The zero-order valence-corrected chi connectivity index (χ0v) is 12.4. The molecule has 0 saturated heterocycles. The molecule has 3 nitrogen and oxygen atoms in total. The van der Waals surface area contributed by atoms with Crippen molar-refractivity contribution in [2.24, 2.45) is 11.1 Å². The Labute approximate surface area is 116 Å². The van der Waals surface area contributed by atoms with Crippen LogP contribution in [0.15, 0.2) is 30.3 Å². The minimum atomic E-state index is -0.435. The molecule has 2 N–H and O–H groups in total. The fourth-order valence-corrected chi connectivity index (χ4v) is 2.09. The Balaban J connectivity index is 2.78. The van der Waals surface area contributed by atoms with Gasteiger partial charge >= 0.3 is 5.97 Å². The van der Waals surface area contributed by atoms with Crippen LogP contribution in [0.5, 0.6) is 0 Å². The molecule has 0 aliphatic rings.